The highest BCUT2D eigenvalue weighted by Gasteiger charge is 2.35. The molecule has 0 atom stereocenters. The number of amides is 2. The minimum absolute atomic E-state index is 0.0479. The number of rotatable bonds is 18. The lowest BCUT2D eigenvalue weighted by Gasteiger charge is -2.40. The number of benzene rings is 2. The third-order valence-electron chi connectivity index (χ3n) is 10.2. The fourth-order valence-electron chi connectivity index (χ4n) is 7.36. The van der Waals surface area contributed by atoms with Gasteiger partial charge in [-0.25, -0.2) is 9.59 Å². The third kappa shape index (κ3) is 12.2. The maximum absolute atomic E-state index is 14.2. The molecule has 0 spiro atoms. The van der Waals surface area contributed by atoms with Crippen molar-refractivity contribution in [3.63, 3.8) is 0 Å². The average molecular weight is 647 g/mol. The zero-order valence-corrected chi connectivity index (χ0v) is 29.6. The number of aryl methyl sites for hydroxylation is 2. The molecule has 2 aliphatic carbocycles. The largest absolute Gasteiger partial charge is 0.416 e. The van der Waals surface area contributed by atoms with Crippen molar-refractivity contribution < 1.29 is 19.1 Å². The Labute approximate surface area is 285 Å². The van der Waals surface area contributed by atoms with Crippen molar-refractivity contribution in [2.75, 3.05) is 6.67 Å². The van der Waals surface area contributed by atoms with Crippen molar-refractivity contribution in [2.24, 2.45) is 0 Å². The SMILES string of the molecule is CCCCCCCc1ccccc1OC(=O)N(CN(C(=O)Oc1ccccc1CCCCCCC)C1CCCCC1)C1CCCCC1. The van der Waals surface area contributed by atoms with E-state index < -0.39 is 0 Å². The number of hydrogen-bond acceptors (Lipinski definition) is 4. The van der Waals surface area contributed by atoms with Crippen LogP contribution in [0.15, 0.2) is 48.5 Å². The second-order valence-corrected chi connectivity index (χ2v) is 13.9. The van der Waals surface area contributed by atoms with E-state index in [0.717, 1.165) is 88.2 Å². The smallest absolute Gasteiger partial charge is 0.410 e. The molecule has 0 radical (unpaired) electrons. The zero-order valence-electron chi connectivity index (χ0n) is 29.6. The molecule has 2 fully saturated rings. The Kier molecular flexibility index (Phi) is 16.5. The lowest BCUT2D eigenvalue weighted by Crippen LogP contribution is -2.54. The van der Waals surface area contributed by atoms with Gasteiger partial charge in [-0.15, -0.1) is 0 Å². The van der Waals surface area contributed by atoms with Crippen LogP contribution in [0, 0.1) is 0 Å². The number of nitrogens with zero attached hydrogens (tertiary/aromatic N) is 2. The van der Waals surface area contributed by atoms with E-state index in [9.17, 15) is 9.59 Å². The Balaban J connectivity index is 1.51. The van der Waals surface area contributed by atoms with Gasteiger partial charge in [0.05, 0.1) is 0 Å². The van der Waals surface area contributed by atoms with Crippen LogP contribution in [-0.4, -0.2) is 40.7 Å². The van der Waals surface area contributed by atoms with Gasteiger partial charge < -0.3 is 9.47 Å². The van der Waals surface area contributed by atoms with Crippen LogP contribution < -0.4 is 9.47 Å². The Bertz CT molecular complexity index is 1100. The van der Waals surface area contributed by atoms with Gasteiger partial charge in [-0.2, -0.15) is 0 Å². The van der Waals surface area contributed by atoms with Crippen LogP contribution in [0.5, 0.6) is 11.5 Å². The normalized spacial score (nSPS) is 15.7. The van der Waals surface area contributed by atoms with Gasteiger partial charge >= 0.3 is 12.2 Å². The molecule has 260 valence electrons. The summed E-state index contributed by atoms with van der Waals surface area (Å²) in [5, 5.41) is 0. The maximum Gasteiger partial charge on any atom is 0.416 e. The first-order valence-corrected chi connectivity index (χ1v) is 19.2. The molecule has 6 heteroatoms. The predicted octanol–water partition coefficient (Wildman–Crippen LogP) is 11.6. The summed E-state index contributed by atoms with van der Waals surface area (Å²) < 4.78 is 12.4. The highest BCUT2D eigenvalue weighted by molar-refractivity contribution is 5.74. The molecule has 2 amide bonds. The second-order valence-electron chi connectivity index (χ2n) is 13.9. The number of para-hydroxylation sites is 2. The molecule has 0 N–H and O–H groups in total. The molecule has 4 rings (SSSR count). The fraction of sp³-hybridized carbons (Fsp3) is 0.659. The summed E-state index contributed by atoms with van der Waals surface area (Å²) in [4.78, 5) is 32.0. The Morgan fingerprint density at radius 3 is 1.34 bits per heavy atom. The summed E-state index contributed by atoms with van der Waals surface area (Å²) in [5.74, 6) is 1.29. The fourth-order valence-corrected chi connectivity index (χ4v) is 7.36. The molecule has 0 unspecified atom stereocenters. The highest BCUT2D eigenvalue weighted by atomic mass is 16.6. The van der Waals surface area contributed by atoms with Gasteiger partial charge in [0.2, 0.25) is 0 Å². The number of carbonyl (C=O) groups excluding carboxylic acids is 2. The summed E-state index contributed by atoms with van der Waals surface area (Å²) in [6.07, 6.45) is 23.5. The van der Waals surface area contributed by atoms with E-state index in [1.807, 2.05) is 46.2 Å². The molecule has 2 aliphatic rings. The summed E-state index contributed by atoms with van der Waals surface area (Å²) in [6, 6.07) is 16.1. The Morgan fingerprint density at radius 2 is 0.936 bits per heavy atom. The number of unbranched alkanes of at least 4 members (excludes halogenated alkanes) is 8. The van der Waals surface area contributed by atoms with Crippen LogP contribution >= 0.6 is 0 Å². The molecular weight excluding hydrogens is 584 g/mol. The summed E-state index contributed by atoms with van der Waals surface area (Å²) in [5.41, 5.74) is 2.16. The lowest BCUT2D eigenvalue weighted by atomic mass is 9.93. The summed E-state index contributed by atoms with van der Waals surface area (Å²) >= 11 is 0. The van der Waals surface area contributed by atoms with E-state index in [-0.39, 0.29) is 30.9 Å². The van der Waals surface area contributed by atoms with Crippen molar-refractivity contribution in [1.82, 2.24) is 9.80 Å². The second kappa shape index (κ2) is 21.1. The average Bonchev–Trinajstić information content (AvgIpc) is 3.10. The molecule has 2 saturated carbocycles. The number of ether oxygens (including phenoxy) is 2. The summed E-state index contributed by atoms with van der Waals surface area (Å²) in [6.45, 7) is 4.67. The minimum Gasteiger partial charge on any atom is -0.410 e. The van der Waals surface area contributed by atoms with Crippen molar-refractivity contribution in [1.29, 1.82) is 0 Å². The first kappa shape index (κ1) is 36.8. The highest BCUT2D eigenvalue weighted by Crippen LogP contribution is 2.30. The zero-order chi connectivity index (χ0) is 33.1. The van der Waals surface area contributed by atoms with Crippen LogP contribution in [0.25, 0.3) is 0 Å². The molecular formula is C41H62N2O4. The van der Waals surface area contributed by atoms with Gasteiger partial charge in [0.15, 0.2) is 0 Å². The molecule has 0 heterocycles. The van der Waals surface area contributed by atoms with Gasteiger partial charge in [0.1, 0.15) is 18.2 Å². The van der Waals surface area contributed by atoms with Gasteiger partial charge in [-0.05, 0) is 74.6 Å². The van der Waals surface area contributed by atoms with E-state index in [4.69, 9.17) is 9.47 Å². The van der Waals surface area contributed by atoms with Crippen molar-refractivity contribution in [2.45, 2.75) is 167 Å². The van der Waals surface area contributed by atoms with Crippen molar-refractivity contribution >= 4 is 12.2 Å². The third-order valence-corrected chi connectivity index (χ3v) is 10.2. The van der Waals surface area contributed by atoms with E-state index >= 15 is 0 Å². The maximum atomic E-state index is 14.2. The van der Waals surface area contributed by atoms with Crippen molar-refractivity contribution in [3.8, 4) is 11.5 Å². The molecule has 0 bridgehead atoms. The van der Waals surface area contributed by atoms with E-state index in [1.165, 1.54) is 64.2 Å². The first-order valence-electron chi connectivity index (χ1n) is 19.2. The van der Waals surface area contributed by atoms with Crippen LogP contribution in [0.1, 0.15) is 153 Å². The molecule has 6 nitrogen and oxygen atoms in total. The Morgan fingerprint density at radius 1 is 0.553 bits per heavy atom. The topological polar surface area (TPSA) is 59.1 Å². The standard InChI is InChI=1S/C41H62N2O4/c1-3-5-7-9-13-23-34-25-19-21-31-38(34)46-40(44)42(36-27-15-11-16-28-36)33-43(37-29-17-12-18-30-37)41(45)47-39-32-22-20-26-35(39)24-14-10-8-6-4-2/h19-22,25-26,31-32,36-37H,3-18,23-24,27-30,33H2,1-2H3. The van der Waals surface area contributed by atoms with E-state index in [0.29, 0.717) is 11.5 Å². The summed E-state index contributed by atoms with van der Waals surface area (Å²) in [7, 11) is 0. The molecule has 0 saturated heterocycles. The molecule has 2 aromatic rings. The van der Waals surface area contributed by atoms with Crippen LogP contribution in [0.2, 0.25) is 0 Å². The quantitative estimate of drug-likeness (QED) is 0.119. The molecule has 2 aromatic carbocycles. The van der Waals surface area contributed by atoms with Crippen molar-refractivity contribution in [3.05, 3.63) is 59.7 Å². The number of carbonyl (C=O) groups is 2. The minimum atomic E-state index is -0.351. The van der Waals surface area contributed by atoms with E-state index in [1.54, 1.807) is 0 Å². The molecule has 47 heavy (non-hydrogen) atoms. The van der Waals surface area contributed by atoms with Crippen LogP contribution in [0.4, 0.5) is 9.59 Å². The number of hydrogen-bond donors (Lipinski definition) is 0. The molecule has 0 aliphatic heterocycles. The molecule has 0 aromatic heterocycles. The van der Waals surface area contributed by atoms with Crippen LogP contribution in [-0.2, 0) is 12.8 Å². The van der Waals surface area contributed by atoms with Gasteiger partial charge in [0, 0.05) is 12.1 Å². The van der Waals surface area contributed by atoms with Crippen LogP contribution in [0.3, 0.4) is 0 Å². The van der Waals surface area contributed by atoms with Gasteiger partial charge in [-0.3, -0.25) is 9.80 Å². The predicted molar refractivity (Wildman–Crippen MR) is 192 cm³/mol. The Hall–Kier alpha value is -3.02. The van der Waals surface area contributed by atoms with Gasteiger partial charge in [0.25, 0.3) is 0 Å². The monoisotopic (exact) mass is 646 g/mol. The van der Waals surface area contributed by atoms with E-state index in [2.05, 4.69) is 26.0 Å². The first-order chi connectivity index (χ1) is 23.1. The van der Waals surface area contributed by atoms with Gasteiger partial charge in [-0.1, -0.05) is 140 Å². The lowest BCUT2D eigenvalue weighted by molar-refractivity contribution is 0.0471.